The average molecular weight is 283 g/mol. The molecule has 0 aromatic rings. The number of aliphatic carboxylic acids is 1. The van der Waals surface area contributed by atoms with Crippen molar-refractivity contribution in [1.29, 1.82) is 0 Å². The molecule has 0 aromatic heterocycles. The van der Waals surface area contributed by atoms with E-state index in [1.54, 1.807) is 0 Å². The number of nitrogens with one attached hydrogen (secondary N) is 1. The van der Waals surface area contributed by atoms with E-state index in [-0.39, 0.29) is 23.2 Å². The van der Waals surface area contributed by atoms with Gasteiger partial charge in [0.25, 0.3) is 0 Å². The van der Waals surface area contributed by atoms with Gasteiger partial charge in [0.15, 0.2) is 0 Å². The standard InChI is InChI=1S/C16H29NO3/c1-11(16(2,3)4)9-14(18)17-10-12-7-5-6-8-13(12)15(19)20/h11-13H,5-10H2,1-4H3,(H,17,18)(H,19,20). The van der Waals surface area contributed by atoms with Gasteiger partial charge in [-0.2, -0.15) is 0 Å². The van der Waals surface area contributed by atoms with Crippen LogP contribution in [0.5, 0.6) is 0 Å². The first kappa shape index (κ1) is 17.0. The van der Waals surface area contributed by atoms with Crippen molar-refractivity contribution in [2.24, 2.45) is 23.2 Å². The van der Waals surface area contributed by atoms with E-state index in [9.17, 15) is 14.7 Å². The summed E-state index contributed by atoms with van der Waals surface area (Å²) in [6.45, 7) is 8.98. The molecule has 3 unspecified atom stereocenters. The minimum Gasteiger partial charge on any atom is -0.481 e. The van der Waals surface area contributed by atoms with E-state index in [1.807, 2.05) is 0 Å². The third-order valence-corrected chi connectivity index (χ3v) is 4.76. The summed E-state index contributed by atoms with van der Waals surface area (Å²) < 4.78 is 0. The summed E-state index contributed by atoms with van der Waals surface area (Å²) in [6, 6.07) is 0. The molecular weight excluding hydrogens is 254 g/mol. The van der Waals surface area contributed by atoms with Gasteiger partial charge in [-0.25, -0.2) is 0 Å². The lowest BCUT2D eigenvalue weighted by molar-refractivity contribution is -0.145. The van der Waals surface area contributed by atoms with Gasteiger partial charge >= 0.3 is 5.97 Å². The molecule has 0 heterocycles. The third-order valence-electron chi connectivity index (χ3n) is 4.76. The van der Waals surface area contributed by atoms with Crippen molar-refractivity contribution in [2.75, 3.05) is 6.54 Å². The number of hydrogen-bond acceptors (Lipinski definition) is 2. The maximum Gasteiger partial charge on any atom is 0.306 e. The lowest BCUT2D eigenvalue weighted by Crippen LogP contribution is -2.38. The molecule has 0 bridgehead atoms. The van der Waals surface area contributed by atoms with Crippen molar-refractivity contribution in [3.05, 3.63) is 0 Å². The predicted octanol–water partition coefficient (Wildman–Crippen LogP) is 3.07. The molecule has 2 N–H and O–H groups in total. The van der Waals surface area contributed by atoms with Gasteiger partial charge in [0.2, 0.25) is 5.91 Å². The van der Waals surface area contributed by atoms with Crippen LogP contribution in [0.1, 0.15) is 59.8 Å². The number of carboxylic acids is 1. The van der Waals surface area contributed by atoms with Crippen LogP contribution in [0.2, 0.25) is 0 Å². The normalized spacial score (nSPS) is 25.0. The second-order valence-electron chi connectivity index (χ2n) is 7.26. The Balaban J connectivity index is 2.41. The minimum absolute atomic E-state index is 0.0436. The molecule has 116 valence electrons. The first-order chi connectivity index (χ1) is 9.21. The first-order valence-electron chi connectivity index (χ1n) is 7.71. The SMILES string of the molecule is CC(CC(=O)NCC1CCCCC1C(=O)O)C(C)(C)C. The van der Waals surface area contributed by atoms with E-state index >= 15 is 0 Å². The third kappa shape index (κ3) is 5.14. The van der Waals surface area contributed by atoms with Gasteiger partial charge < -0.3 is 10.4 Å². The van der Waals surface area contributed by atoms with Gasteiger partial charge in [0.05, 0.1) is 5.92 Å². The number of rotatable bonds is 5. The summed E-state index contributed by atoms with van der Waals surface area (Å²) in [5.74, 6) is -0.558. The highest BCUT2D eigenvalue weighted by molar-refractivity contribution is 5.76. The average Bonchev–Trinajstić information content (AvgIpc) is 2.35. The molecule has 1 rings (SSSR count). The number of carboxylic acid groups (broad SMARTS) is 1. The Kier molecular flexibility index (Phi) is 6.03. The summed E-state index contributed by atoms with van der Waals surface area (Å²) in [5.41, 5.74) is 0.117. The molecule has 1 aliphatic rings. The fourth-order valence-electron chi connectivity index (χ4n) is 2.68. The van der Waals surface area contributed by atoms with Crippen LogP contribution in [0, 0.1) is 23.2 Å². The van der Waals surface area contributed by atoms with Gasteiger partial charge in [-0.05, 0) is 30.1 Å². The zero-order valence-electron chi connectivity index (χ0n) is 13.2. The Morgan fingerprint density at radius 3 is 2.40 bits per heavy atom. The topological polar surface area (TPSA) is 66.4 Å². The molecule has 4 heteroatoms. The van der Waals surface area contributed by atoms with Crippen LogP contribution in [-0.4, -0.2) is 23.5 Å². The monoisotopic (exact) mass is 283 g/mol. The minimum atomic E-state index is -0.716. The van der Waals surface area contributed by atoms with E-state index in [1.165, 1.54) is 0 Å². The highest BCUT2D eigenvalue weighted by atomic mass is 16.4. The molecule has 1 aliphatic carbocycles. The summed E-state index contributed by atoms with van der Waals surface area (Å²) in [7, 11) is 0. The van der Waals surface area contributed by atoms with Crippen LogP contribution in [0.25, 0.3) is 0 Å². The molecule has 1 amide bonds. The van der Waals surface area contributed by atoms with Crippen LogP contribution < -0.4 is 5.32 Å². The number of carbonyl (C=O) groups is 2. The Labute approximate surface area is 122 Å². The lowest BCUT2D eigenvalue weighted by atomic mass is 9.78. The number of amides is 1. The van der Waals surface area contributed by atoms with E-state index in [2.05, 4.69) is 33.0 Å². The quantitative estimate of drug-likeness (QED) is 0.815. The highest BCUT2D eigenvalue weighted by Crippen LogP contribution is 2.30. The summed E-state index contributed by atoms with van der Waals surface area (Å²) in [5, 5.41) is 12.2. The molecule has 1 fully saturated rings. The molecule has 0 aliphatic heterocycles. The van der Waals surface area contributed by atoms with Crippen LogP contribution in [-0.2, 0) is 9.59 Å². The van der Waals surface area contributed by atoms with E-state index < -0.39 is 5.97 Å². The summed E-state index contributed by atoms with van der Waals surface area (Å²) in [6.07, 6.45) is 4.22. The van der Waals surface area contributed by atoms with E-state index in [0.29, 0.717) is 18.9 Å². The molecule has 1 saturated carbocycles. The van der Waals surface area contributed by atoms with Gasteiger partial charge in [-0.3, -0.25) is 9.59 Å². The molecule has 0 spiro atoms. The molecule has 20 heavy (non-hydrogen) atoms. The second-order valence-corrected chi connectivity index (χ2v) is 7.26. The Morgan fingerprint density at radius 2 is 1.85 bits per heavy atom. The summed E-state index contributed by atoms with van der Waals surface area (Å²) in [4.78, 5) is 23.2. The zero-order valence-corrected chi connectivity index (χ0v) is 13.2. The van der Waals surface area contributed by atoms with Crippen molar-refractivity contribution < 1.29 is 14.7 Å². The molecule has 0 radical (unpaired) electrons. The van der Waals surface area contributed by atoms with Crippen molar-refractivity contribution in [3.8, 4) is 0 Å². The van der Waals surface area contributed by atoms with Crippen molar-refractivity contribution in [2.45, 2.75) is 59.8 Å². The maximum atomic E-state index is 12.0. The maximum absolute atomic E-state index is 12.0. The van der Waals surface area contributed by atoms with Crippen molar-refractivity contribution in [3.63, 3.8) is 0 Å². The number of hydrogen-bond donors (Lipinski definition) is 2. The smallest absolute Gasteiger partial charge is 0.306 e. The molecular formula is C16H29NO3. The van der Waals surface area contributed by atoms with Gasteiger partial charge in [0.1, 0.15) is 0 Å². The zero-order chi connectivity index (χ0) is 15.3. The van der Waals surface area contributed by atoms with Crippen molar-refractivity contribution in [1.82, 2.24) is 5.32 Å². The summed E-state index contributed by atoms with van der Waals surface area (Å²) >= 11 is 0. The van der Waals surface area contributed by atoms with Crippen molar-refractivity contribution >= 4 is 11.9 Å². The largest absolute Gasteiger partial charge is 0.481 e. The van der Waals surface area contributed by atoms with Crippen LogP contribution in [0.4, 0.5) is 0 Å². The second kappa shape index (κ2) is 7.09. The first-order valence-corrected chi connectivity index (χ1v) is 7.71. The Hall–Kier alpha value is -1.06. The molecule has 3 atom stereocenters. The fraction of sp³-hybridized carbons (Fsp3) is 0.875. The van der Waals surface area contributed by atoms with Gasteiger partial charge in [0, 0.05) is 13.0 Å². The van der Waals surface area contributed by atoms with Crippen LogP contribution >= 0.6 is 0 Å². The van der Waals surface area contributed by atoms with E-state index in [4.69, 9.17) is 0 Å². The number of carbonyl (C=O) groups excluding carboxylic acids is 1. The van der Waals surface area contributed by atoms with E-state index in [0.717, 1.165) is 25.7 Å². The Bertz CT molecular complexity index is 346. The molecule has 0 saturated heterocycles. The van der Waals surface area contributed by atoms with Gasteiger partial charge in [-0.15, -0.1) is 0 Å². The fourth-order valence-corrected chi connectivity index (χ4v) is 2.68. The van der Waals surface area contributed by atoms with Crippen LogP contribution in [0.3, 0.4) is 0 Å². The van der Waals surface area contributed by atoms with Gasteiger partial charge in [-0.1, -0.05) is 40.5 Å². The molecule has 4 nitrogen and oxygen atoms in total. The molecule has 0 aromatic carbocycles. The lowest BCUT2D eigenvalue weighted by Gasteiger charge is -2.30. The Morgan fingerprint density at radius 1 is 1.25 bits per heavy atom. The van der Waals surface area contributed by atoms with Crippen LogP contribution in [0.15, 0.2) is 0 Å². The highest BCUT2D eigenvalue weighted by Gasteiger charge is 2.31. The predicted molar refractivity (Wildman–Crippen MR) is 79.3 cm³/mol.